The molecule has 49 heavy (non-hydrogen) atoms. The number of fused-ring (bicyclic) bond motifs is 12. The highest BCUT2D eigenvalue weighted by Crippen LogP contribution is 2.43. The van der Waals surface area contributed by atoms with E-state index in [1.54, 1.807) is 0 Å². The summed E-state index contributed by atoms with van der Waals surface area (Å²) in [5.41, 5.74) is 11.3. The number of hydrogen-bond donors (Lipinski definition) is 0. The first kappa shape index (κ1) is 26.5. The van der Waals surface area contributed by atoms with E-state index in [0.29, 0.717) is 0 Å². The minimum Gasteiger partial charge on any atom is -0.455 e. The van der Waals surface area contributed by atoms with Gasteiger partial charge in [-0.05, 0) is 83.2 Å². The van der Waals surface area contributed by atoms with Gasteiger partial charge in [-0.25, -0.2) is 0 Å². The number of para-hydroxylation sites is 4. The van der Waals surface area contributed by atoms with Crippen molar-refractivity contribution in [3.63, 3.8) is 0 Å². The average molecular weight is 625 g/mol. The molecule has 0 bridgehead atoms. The third-order valence-electron chi connectivity index (χ3n) is 10.3. The maximum absolute atomic E-state index is 6.65. The molecule has 0 unspecified atom stereocenters. The van der Waals surface area contributed by atoms with Gasteiger partial charge in [0.2, 0.25) is 0 Å². The largest absolute Gasteiger partial charge is 0.455 e. The lowest BCUT2D eigenvalue weighted by Gasteiger charge is -2.10. The van der Waals surface area contributed by atoms with E-state index in [1.165, 1.54) is 65.8 Å². The van der Waals surface area contributed by atoms with Crippen molar-refractivity contribution in [3.8, 4) is 22.5 Å². The standard InChI is InChI=1S/C46H28N2O/c1-3-11-32(12-4-1)47-40-17-9-7-15-34(40)38-27-30(21-25-41(38)47)31-22-26-42-39(28-31)36-23-19-29-20-24-37-35-16-8-10-18-43(35)49-46(37)44(29)45(36)48(42)33-13-5-2-6-14-33/h1-28H. The molecule has 0 amide bonds. The van der Waals surface area contributed by atoms with Gasteiger partial charge in [-0.1, -0.05) is 103 Å². The van der Waals surface area contributed by atoms with Crippen LogP contribution in [0.2, 0.25) is 0 Å². The number of benzene rings is 8. The van der Waals surface area contributed by atoms with Gasteiger partial charge in [0.15, 0.2) is 0 Å². The molecule has 11 aromatic rings. The Morgan fingerprint density at radius 1 is 0.367 bits per heavy atom. The molecule has 0 aliphatic carbocycles. The third-order valence-corrected chi connectivity index (χ3v) is 10.3. The number of nitrogens with zero attached hydrogens (tertiary/aromatic N) is 2. The van der Waals surface area contributed by atoms with Crippen LogP contribution in [0.4, 0.5) is 0 Å². The molecule has 3 aromatic heterocycles. The molecule has 0 saturated heterocycles. The lowest BCUT2D eigenvalue weighted by Crippen LogP contribution is -1.94. The molecule has 0 spiro atoms. The predicted molar refractivity (Wildman–Crippen MR) is 205 cm³/mol. The van der Waals surface area contributed by atoms with Crippen molar-refractivity contribution in [2.24, 2.45) is 0 Å². The number of rotatable bonds is 3. The maximum Gasteiger partial charge on any atom is 0.145 e. The van der Waals surface area contributed by atoms with Crippen LogP contribution >= 0.6 is 0 Å². The first-order chi connectivity index (χ1) is 24.3. The van der Waals surface area contributed by atoms with Crippen LogP contribution in [-0.2, 0) is 0 Å². The summed E-state index contributed by atoms with van der Waals surface area (Å²) in [6.45, 7) is 0. The summed E-state index contributed by atoms with van der Waals surface area (Å²) in [5.74, 6) is 0. The van der Waals surface area contributed by atoms with E-state index in [4.69, 9.17) is 4.42 Å². The predicted octanol–water partition coefficient (Wildman–Crippen LogP) is 12.6. The minimum absolute atomic E-state index is 0.913. The van der Waals surface area contributed by atoms with Gasteiger partial charge in [0.25, 0.3) is 0 Å². The summed E-state index contributed by atoms with van der Waals surface area (Å²) in [6, 6.07) is 61.2. The Kier molecular flexibility index (Phi) is 5.38. The van der Waals surface area contributed by atoms with Crippen molar-refractivity contribution in [2.75, 3.05) is 0 Å². The Balaban J connectivity index is 1.20. The topological polar surface area (TPSA) is 23.0 Å². The molecular weight excluding hydrogens is 597 g/mol. The molecule has 0 saturated carbocycles. The highest BCUT2D eigenvalue weighted by Gasteiger charge is 2.20. The molecule has 0 fully saturated rings. The molecule has 11 rings (SSSR count). The molecule has 3 nitrogen and oxygen atoms in total. The van der Waals surface area contributed by atoms with E-state index < -0.39 is 0 Å². The van der Waals surface area contributed by atoms with Crippen molar-refractivity contribution < 1.29 is 4.42 Å². The molecule has 0 radical (unpaired) electrons. The zero-order chi connectivity index (χ0) is 32.1. The summed E-state index contributed by atoms with van der Waals surface area (Å²) in [6.07, 6.45) is 0. The summed E-state index contributed by atoms with van der Waals surface area (Å²) in [4.78, 5) is 0. The van der Waals surface area contributed by atoms with Gasteiger partial charge >= 0.3 is 0 Å². The van der Waals surface area contributed by atoms with Gasteiger partial charge in [0.1, 0.15) is 11.2 Å². The quantitative estimate of drug-likeness (QED) is 0.192. The van der Waals surface area contributed by atoms with Gasteiger partial charge in [0.05, 0.1) is 22.1 Å². The average Bonchev–Trinajstić information content (AvgIpc) is 3.82. The molecule has 0 aliphatic heterocycles. The van der Waals surface area contributed by atoms with Gasteiger partial charge in [-0.2, -0.15) is 0 Å². The normalized spacial score (nSPS) is 12.1. The van der Waals surface area contributed by atoms with Crippen molar-refractivity contribution in [3.05, 3.63) is 170 Å². The van der Waals surface area contributed by atoms with Gasteiger partial charge in [0, 0.05) is 49.1 Å². The first-order valence-corrected chi connectivity index (χ1v) is 16.8. The highest BCUT2D eigenvalue weighted by atomic mass is 16.3. The van der Waals surface area contributed by atoms with Crippen molar-refractivity contribution in [2.45, 2.75) is 0 Å². The van der Waals surface area contributed by atoms with Crippen molar-refractivity contribution in [1.29, 1.82) is 0 Å². The second-order valence-electron chi connectivity index (χ2n) is 12.9. The second kappa shape index (κ2) is 9.96. The van der Waals surface area contributed by atoms with E-state index >= 15 is 0 Å². The highest BCUT2D eigenvalue weighted by molar-refractivity contribution is 6.27. The van der Waals surface area contributed by atoms with E-state index in [0.717, 1.165) is 33.0 Å². The minimum atomic E-state index is 0.913. The smallest absolute Gasteiger partial charge is 0.145 e. The zero-order valence-corrected chi connectivity index (χ0v) is 26.5. The Morgan fingerprint density at radius 2 is 0.918 bits per heavy atom. The van der Waals surface area contributed by atoms with E-state index in [1.807, 2.05) is 6.07 Å². The molecule has 0 N–H and O–H groups in total. The Bertz CT molecular complexity index is 3090. The fourth-order valence-corrected chi connectivity index (χ4v) is 8.12. The fourth-order valence-electron chi connectivity index (χ4n) is 8.12. The molecule has 3 heteroatoms. The van der Waals surface area contributed by atoms with Crippen LogP contribution in [0.3, 0.4) is 0 Å². The first-order valence-electron chi connectivity index (χ1n) is 16.8. The van der Waals surface area contributed by atoms with E-state index in [9.17, 15) is 0 Å². The monoisotopic (exact) mass is 624 g/mol. The van der Waals surface area contributed by atoms with Crippen LogP contribution < -0.4 is 0 Å². The zero-order valence-electron chi connectivity index (χ0n) is 26.5. The molecular formula is C46H28N2O. The fraction of sp³-hybridized carbons (Fsp3) is 0. The maximum atomic E-state index is 6.65. The van der Waals surface area contributed by atoms with Gasteiger partial charge in [-0.3, -0.25) is 0 Å². The van der Waals surface area contributed by atoms with Crippen LogP contribution in [0.1, 0.15) is 0 Å². The Hall–Kier alpha value is -6.58. The van der Waals surface area contributed by atoms with E-state index in [2.05, 4.69) is 173 Å². The Morgan fingerprint density at radius 3 is 1.65 bits per heavy atom. The third kappa shape index (κ3) is 3.73. The summed E-state index contributed by atoms with van der Waals surface area (Å²) >= 11 is 0. The molecule has 3 heterocycles. The summed E-state index contributed by atoms with van der Waals surface area (Å²) < 4.78 is 11.4. The van der Waals surface area contributed by atoms with Crippen LogP contribution in [0.25, 0.3) is 98.8 Å². The number of hydrogen-bond acceptors (Lipinski definition) is 1. The van der Waals surface area contributed by atoms with Crippen LogP contribution in [-0.4, -0.2) is 9.13 Å². The van der Waals surface area contributed by atoms with Crippen LogP contribution in [0.15, 0.2) is 174 Å². The van der Waals surface area contributed by atoms with Gasteiger partial charge < -0.3 is 13.6 Å². The summed E-state index contributed by atoms with van der Waals surface area (Å²) in [7, 11) is 0. The lowest BCUT2D eigenvalue weighted by atomic mass is 9.99. The SMILES string of the molecule is c1ccc(-n2c3ccccc3c3cc(-c4ccc5c(c4)c4ccc6ccc7c8ccccc8oc7c6c4n5-c4ccccc4)ccc32)cc1. The van der Waals surface area contributed by atoms with Crippen molar-refractivity contribution >= 4 is 76.3 Å². The van der Waals surface area contributed by atoms with Crippen LogP contribution in [0, 0.1) is 0 Å². The lowest BCUT2D eigenvalue weighted by molar-refractivity contribution is 0.673. The molecule has 0 atom stereocenters. The van der Waals surface area contributed by atoms with Gasteiger partial charge in [-0.15, -0.1) is 0 Å². The van der Waals surface area contributed by atoms with E-state index in [-0.39, 0.29) is 0 Å². The van der Waals surface area contributed by atoms with Crippen molar-refractivity contribution in [1.82, 2.24) is 9.13 Å². The summed E-state index contributed by atoms with van der Waals surface area (Å²) in [5, 5.41) is 9.53. The van der Waals surface area contributed by atoms with Crippen LogP contribution in [0.5, 0.6) is 0 Å². The molecule has 8 aromatic carbocycles. The second-order valence-corrected chi connectivity index (χ2v) is 12.9. The molecule has 0 aliphatic rings. The number of aromatic nitrogens is 2. The number of furan rings is 1. The Labute approximate surface area is 281 Å². The molecule has 228 valence electrons.